The zero-order valence-corrected chi connectivity index (χ0v) is 12.6. The molecule has 0 saturated heterocycles. The fraction of sp³-hybridized carbons (Fsp3) is 0.562. The molecule has 4 heteroatoms. The maximum atomic E-state index is 10.8. The molecule has 112 valence electrons. The van der Waals surface area contributed by atoms with E-state index >= 15 is 0 Å². The van der Waals surface area contributed by atoms with Gasteiger partial charge in [0.05, 0.1) is 5.56 Å². The van der Waals surface area contributed by atoms with Gasteiger partial charge in [0, 0.05) is 12.6 Å². The number of nitrogens with one attached hydrogen (secondary N) is 1. The van der Waals surface area contributed by atoms with Crippen molar-refractivity contribution in [1.29, 1.82) is 0 Å². The minimum Gasteiger partial charge on any atom is -0.478 e. The van der Waals surface area contributed by atoms with Crippen LogP contribution in [-0.2, 0) is 6.54 Å². The molecule has 0 radical (unpaired) electrons. The Balaban J connectivity index is 0.00000200. The maximum Gasteiger partial charge on any atom is 0.335 e. The van der Waals surface area contributed by atoms with E-state index in [1.54, 1.807) is 12.1 Å². The smallest absolute Gasteiger partial charge is 0.335 e. The summed E-state index contributed by atoms with van der Waals surface area (Å²) in [7, 11) is 0. The second-order valence-electron chi connectivity index (χ2n) is 5.43. The number of halogens is 1. The summed E-state index contributed by atoms with van der Waals surface area (Å²) in [6.45, 7) is 0.838. The van der Waals surface area contributed by atoms with Gasteiger partial charge in [-0.3, -0.25) is 0 Å². The second-order valence-corrected chi connectivity index (χ2v) is 5.43. The van der Waals surface area contributed by atoms with Crippen molar-refractivity contribution >= 4 is 18.4 Å². The molecule has 1 saturated carbocycles. The van der Waals surface area contributed by atoms with Gasteiger partial charge in [0.25, 0.3) is 0 Å². The minimum absolute atomic E-state index is 0. The number of aromatic carboxylic acids is 1. The molecule has 0 atom stereocenters. The van der Waals surface area contributed by atoms with Crippen LogP contribution in [0, 0.1) is 0 Å². The first-order valence-electron chi connectivity index (χ1n) is 7.31. The predicted molar refractivity (Wildman–Crippen MR) is 83.6 cm³/mol. The van der Waals surface area contributed by atoms with Crippen LogP contribution in [0.15, 0.2) is 24.3 Å². The molecule has 0 amide bonds. The molecule has 3 nitrogen and oxygen atoms in total. The number of hydrogen-bond acceptors (Lipinski definition) is 2. The van der Waals surface area contributed by atoms with Crippen molar-refractivity contribution in [2.45, 2.75) is 57.5 Å². The number of benzene rings is 1. The molecule has 2 N–H and O–H groups in total. The molecular weight excluding hydrogens is 274 g/mol. The fourth-order valence-corrected chi connectivity index (χ4v) is 2.69. The van der Waals surface area contributed by atoms with E-state index in [2.05, 4.69) is 5.32 Å². The Bertz CT molecular complexity index is 397. The van der Waals surface area contributed by atoms with Crippen molar-refractivity contribution in [3.05, 3.63) is 35.4 Å². The van der Waals surface area contributed by atoms with Crippen LogP contribution < -0.4 is 5.32 Å². The van der Waals surface area contributed by atoms with Crippen molar-refractivity contribution in [2.24, 2.45) is 0 Å². The summed E-state index contributed by atoms with van der Waals surface area (Å²) in [6, 6.07) is 7.78. The summed E-state index contributed by atoms with van der Waals surface area (Å²) in [5.74, 6) is -0.862. The van der Waals surface area contributed by atoms with Crippen molar-refractivity contribution in [1.82, 2.24) is 5.32 Å². The van der Waals surface area contributed by atoms with Crippen LogP contribution in [-0.4, -0.2) is 17.1 Å². The quantitative estimate of drug-likeness (QED) is 0.883. The van der Waals surface area contributed by atoms with Crippen LogP contribution in [0.3, 0.4) is 0 Å². The Morgan fingerprint density at radius 1 is 1.05 bits per heavy atom. The highest BCUT2D eigenvalue weighted by Crippen LogP contribution is 2.17. The molecule has 1 aliphatic rings. The topological polar surface area (TPSA) is 49.3 Å². The van der Waals surface area contributed by atoms with Crippen LogP contribution >= 0.6 is 12.4 Å². The number of hydrogen-bond donors (Lipinski definition) is 2. The minimum atomic E-state index is -0.862. The van der Waals surface area contributed by atoms with Crippen LogP contribution in [0.2, 0.25) is 0 Å². The summed E-state index contributed by atoms with van der Waals surface area (Å²) in [5, 5.41) is 12.5. The predicted octanol–water partition coefficient (Wildman–Crippen LogP) is 4.01. The summed E-state index contributed by atoms with van der Waals surface area (Å²) in [4.78, 5) is 10.8. The summed E-state index contributed by atoms with van der Waals surface area (Å²) < 4.78 is 0. The van der Waals surface area contributed by atoms with Crippen molar-refractivity contribution in [3.63, 3.8) is 0 Å². The zero-order chi connectivity index (χ0) is 13.5. The molecule has 0 aliphatic heterocycles. The molecular formula is C16H24ClNO2. The molecule has 1 fully saturated rings. The number of carbonyl (C=O) groups is 1. The lowest BCUT2D eigenvalue weighted by atomic mass is 9.96. The van der Waals surface area contributed by atoms with E-state index in [-0.39, 0.29) is 12.4 Å². The lowest BCUT2D eigenvalue weighted by molar-refractivity contribution is 0.0697. The molecule has 0 unspecified atom stereocenters. The standard InChI is InChI=1S/C16H23NO2.ClH/c18-16(19)14-10-8-13(9-11-14)12-17-15-6-4-2-1-3-5-7-15;/h8-11,15,17H,1-7,12H2,(H,18,19);1H. The number of rotatable bonds is 4. The first-order chi connectivity index (χ1) is 9.25. The van der Waals surface area contributed by atoms with Crippen LogP contribution in [0.5, 0.6) is 0 Å². The maximum absolute atomic E-state index is 10.8. The number of carboxylic acid groups (broad SMARTS) is 1. The van der Waals surface area contributed by atoms with E-state index in [4.69, 9.17) is 5.11 Å². The third-order valence-electron chi connectivity index (χ3n) is 3.90. The van der Waals surface area contributed by atoms with Crippen molar-refractivity contribution < 1.29 is 9.90 Å². The van der Waals surface area contributed by atoms with Gasteiger partial charge in [-0.05, 0) is 30.5 Å². The molecule has 20 heavy (non-hydrogen) atoms. The SMILES string of the molecule is Cl.O=C(O)c1ccc(CNC2CCCCCCC2)cc1. The normalized spacial score (nSPS) is 16.8. The van der Waals surface area contributed by atoms with Crippen molar-refractivity contribution in [3.8, 4) is 0 Å². The van der Waals surface area contributed by atoms with E-state index in [0.717, 1.165) is 12.1 Å². The van der Waals surface area contributed by atoms with Gasteiger partial charge in [0.2, 0.25) is 0 Å². The Kier molecular flexibility index (Phi) is 7.63. The Hall–Kier alpha value is -1.06. The highest BCUT2D eigenvalue weighted by Gasteiger charge is 2.10. The van der Waals surface area contributed by atoms with Crippen LogP contribution in [0.25, 0.3) is 0 Å². The molecule has 0 heterocycles. The average molecular weight is 298 g/mol. The van der Waals surface area contributed by atoms with E-state index in [1.807, 2.05) is 12.1 Å². The molecule has 1 aromatic carbocycles. The highest BCUT2D eigenvalue weighted by molar-refractivity contribution is 5.87. The molecule has 1 aromatic rings. The van der Waals surface area contributed by atoms with Gasteiger partial charge >= 0.3 is 5.97 Å². The lowest BCUT2D eigenvalue weighted by Gasteiger charge is -2.21. The summed E-state index contributed by atoms with van der Waals surface area (Å²) >= 11 is 0. The molecule has 1 aliphatic carbocycles. The Labute approximate surface area is 127 Å². The van der Waals surface area contributed by atoms with Crippen LogP contribution in [0.4, 0.5) is 0 Å². The average Bonchev–Trinajstić information content (AvgIpc) is 2.38. The molecule has 2 rings (SSSR count). The van der Waals surface area contributed by atoms with Crippen molar-refractivity contribution in [2.75, 3.05) is 0 Å². The zero-order valence-electron chi connectivity index (χ0n) is 11.8. The van der Waals surface area contributed by atoms with E-state index < -0.39 is 5.97 Å². The first kappa shape index (κ1) is 17.0. The molecule has 0 aromatic heterocycles. The van der Waals surface area contributed by atoms with Gasteiger partial charge < -0.3 is 10.4 Å². The fourth-order valence-electron chi connectivity index (χ4n) is 2.69. The lowest BCUT2D eigenvalue weighted by Crippen LogP contribution is -2.29. The monoisotopic (exact) mass is 297 g/mol. The largest absolute Gasteiger partial charge is 0.478 e. The highest BCUT2D eigenvalue weighted by atomic mass is 35.5. The third kappa shape index (κ3) is 5.51. The molecule has 0 bridgehead atoms. The second kappa shape index (κ2) is 8.98. The van der Waals surface area contributed by atoms with Gasteiger partial charge in [0.1, 0.15) is 0 Å². The Morgan fingerprint density at radius 3 is 2.15 bits per heavy atom. The number of carboxylic acids is 1. The Morgan fingerprint density at radius 2 is 1.60 bits per heavy atom. The van der Waals surface area contributed by atoms with Gasteiger partial charge in [-0.2, -0.15) is 0 Å². The first-order valence-corrected chi connectivity index (χ1v) is 7.31. The summed E-state index contributed by atoms with van der Waals surface area (Å²) in [5.41, 5.74) is 1.52. The van der Waals surface area contributed by atoms with Gasteiger partial charge in [-0.25, -0.2) is 4.79 Å². The van der Waals surface area contributed by atoms with Gasteiger partial charge in [0.15, 0.2) is 0 Å². The van der Waals surface area contributed by atoms with Gasteiger partial charge in [-0.1, -0.05) is 44.2 Å². The van der Waals surface area contributed by atoms with E-state index in [9.17, 15) is 4.79 Å². The molecule has 0 spiro atoms. The summed E-state index contributed by atoms with van der Waals surface area (Å²) in [6.07, 6.45) is 9.33. The van der Waals surface area contributed by atoms with Crippen LogP contribution in [0.1, 0.15) is 60.9 Å². The van der Waals surface area contributed by atoms with E-state index in [0.29, 0.717) is 11.6 Å². The van der Waals surface area contributed by atoms with Gasteiger partial charge in [-0.15, -0.1) is 12.4 Å². The van der Waals surface area contributed by atoms with E-state index in [1.165, 1.54) is 44.9 Å². The third-order valence-corrected chi connectivity index (χ3v) is 3.90.